The van der Waals surface area contributed by atoms with Crippen LogP contribution in [0.1, 0.15) is 15.9 Å². The van der Waals surface area contributed by atoms with Crippen LogP contribution < -0.4 is 4.74 Å². The molecular weight excluding hydrogens is 370 g/mol. The first-order valence-electron chi connectivity index (χ1n) is 8.07. The Morgan fingerprint density at radius 2 is 1.88 bits per heavy atom. The minimum absolute atomic E-state index is 0.00527. The Morgan fingerprint density at radius 1 is 1.12 bits per heavy atom. The molecule has 0 aromatic heterocycles. The van der Waals surface area contributed by atoms with Crippen molar-refractivity contribution >= 4 is 21.8 Å². The number of carbonyl (C=O) groups is 1. The molecule has 4 nitrogen and oxygen atoms in total. The van der Waals surface area contributed by atoms with E-state index in [4.69, 9.17) is 9.47 Å². The lowest BCUT2D eigenvalue weighted by molar-refractivity contribution is 0.0300. The Kier molecular flexibility index (Phi) is 5.88. The SMILES string of the molecule is O=C(c1cc(Br)ccc1OCCc1ccccc1)N1CCOCC1. The predicted molar refractivity (Wildman–Crippen MR) is 96.5 cm³/mol. The zero-order valence-electron chi connectivity index (χ0n) is 13.4. The molecule has 0 atom stereocenters. The largest absolute Gasteiger partial charge is 0.492 e. The summed E-state index contributed by atoms with van der Waals surface area (Å²) in [5, 5.41) is 0. The lowest BCUT2D eigenvalue weighted by atomic mass is 10.1. The molecule has 0 spiro atoms. The van der Waals surface area contributed by atoms with Crippen molar-refractivity contribution in [1.29, 1.82) is 0 Å². The molecule has 1 fully saturated rings. The van der Waals surface area contributed by atoms with Crippen molar-refractivity contribution in [3.05, 3.63) is 64.1 Å². The third kappa shape index (κ3) is 4.36. The highest BCUT2D eigenvalue weighted by molar-refractivity contribution is 9.10. The summed E-state index contributed by atoms with van der Waals surface area (Å²) in [7, 11) is 0. The van der Waals surface area contributed by atoms with Crippen LogP contribution in [0.3, 0.4) is 0 Å². The first-order chi connectivity index (χ1) is 11.7. The molecule has 24 heavy (non-hydrogen) atoms. The summed E-state index contributed by atoms with van der Waals surface area (Å²) < 4.78 is 12.1. The predicted octanol–water partition coefficient (Wildman–Crippen LogP) is 3.54. The summed E-state index contributed by atoms with van der Waals surface area (Å²) in [6, 6.07) is 15.8. The third-order valence-corrected chi connectivity index (χ3v) is 4.45. The number of carbonyl (C=O) groups excluding carboxylic acids is 1. The Bertz CT molecular complexity index is 684. The van der Waals surface area contributed by atoms with Gasteiger partial charge in [0.2, 0.25) is 0 Å². The summed E-state index contributed by atoms with van der Waals surface area (Å²) in [5.74, 6) is 0.625. The summed E-state index contributed by atoms with van der Waals surface area (Å²) in [4.78, 5) is 14.6. The van der Waals surface area contributed by atoms with Crippen molar-refractivity contribution in [3.63, 3.8) is 0 Å². The van der Waals surface area contributed by atoms with E-state index in [1.807, 2.05) is 41.3 Å². The van der Waals surface area contributed by atoms with E-state index in [-0.39, 0.29) is 5.91 Å². The molecule has 3 rings (SSSR count). The molecule has 1 aliphatic heterocycles. The van der Waals surface area contributed by atoms with Gasteiger partial charge in [0.05, 0.1) is 25.4 Å². The highest BCUT2D eigenvalue weighted by atomic mass is 79.9. The molecule has 0 bridgehead atoms. The quantitative estimate of drug-likeness (QED) is 0.784. The normalized spacial score (nSPS) is 14.5. The average Bonchev–Trinajstić information content (AvgIpc) is 2.64. The Morgan fingerprint density at radius 3 is 2.62 bits per heavy atom. The summed E-state index contributed by atoms with van der Waals surface area (Å²) in [5.41, 5.74) is 1.81. The molecular formula is C19H20BrNO3. The molecule has 0 saturated carbocycles. The van der Waals surface area contributed by atoms with Gasteiger partial charge in [-0.25, -0.2) is 0 Å². The number of ether oxygens (including phenoxy) is 2. The van der Waals surface area contributed by atoms with Crippen molar-refractivity contribution in [1.82, 2.24) is 4.90 Å². The van der Waals surface area contributed by atoms with Crippen molar-refractivity contribution in [3.8, 4) is 5.75 Å². The van der Waals surface area contributed by atoms with Crippen LogP contribution in [0.25, 0.3) is 0 Å². The number of benzene rings is 2. The van der Waals surface area contributed by atoms with Crippen LogP contribution in [-0.2, 0) is 11.2 Å². The standard InChI is InChI=1S/C19H20BrNO3/c20-16-6-7-18(24-11-8-15-4-2-1-3-5-15)17(14-16)19(22)21-9-12-23-13-10-21/h1-7,14H,8-13H2. The molecule has 1 heterocycles. The van der Waals surface area contributed by atoms with Crippen molar-refractivity contribution in [2.75, 3.05) is 32.9 Å². The van der Waals surface area contributed by atoms with Gasteiger partial charge in [-0.2, -0.15) is 0 Å². The van der Waals surface area contributed by atoms with Gasteiger partial charge in [-0.3, -0.25) is 4.79 Å². The van der Waals surface area contributed by atoms with E-state index in [9.17, 15) is 4.79 Å². The number of rotatable bonds is 5. The fourth-order valence-corrected chi connectivity index (χ4v) is 3.02. The maximum absolute atomic E-state index is 12.8. The van der Waals surface area contributed by atoms with Crippen LogP contribution in [-0.4, -0.2) is 43.7 Å². The molecule has 0 aliphatic carbocycles. The van der Waals surface area contributed by atoms with Crippen LogP contribution >= 0.6 is 15.9 Å². The van der Waals surface area contributed by atoms with Gasteiger partial charge in [0.25, 0.3) is 5.91 Å². The molecule has 0 unspecified atom stereocenters. The van der Waals surface area contributed by atoms with Crippen LogP contribution in [0.2, 0.25) is 0 Å². The zero-order chi connectivity index (χ0) is 16.8. The zero-order valence-corrected chi connectivity index (χ0v) is 15.0. The van der Waals surface area contributed by atoms with E-state index in [1.54, 1.807) is 0 Å². The number of amides is 1. The molecule has 2 aromatic rings. The van der Waals surface area contributed by atoms with Crippen LogP contribution in [0.15, 0.2) is 53.0 Å². The van der Waals surface area contributed by atoms with Crippen molar-refractivity contribution in [2.24, 2.45) is 0 Å². The second kappa shape index (κ2) is 8.31. The van der Waals surface area contributed by atoms with Gasteiger partial charge in [0.15, 0.2) is 0 Å². The molecule has 1 aliphatic rings. The first-order valence-corrected chi connectivity index (χ1v) is 8.86. The molecule has 126 valence electrons. The van der Waals surface area contributed by atoms with Gasteiger partial charge in [-0.15, -0.1) is 0 Å². The lowest BCUT2D eigenvalue weighted by Gasteiger charge is -2.27. The van der Waals surface area contributed by atoms with E-state index >= 15 is 0 Å². The Labute approximate surface area is 150 Å². The topological polar surface area (TPSA) is 38.8 Å². The number of hydrogen-bond acceptors (Lipinski definition) is 3. The van der Waals surface area contributed by atoms with Crippen molar-refractivity contribution < 1.29 is 14.3 Å². The molecule has 0 radical (unpaired) electrons. The van der Waals surface area contributed by atoms with Gasteiger partial charge in [0.1, 0.15) is 5.75 Å². The van der Waals surface area contributed by atoms with E-state index < -0.39 is 0 Å². The van der Waals surface area contributed by atoms with E-state index in [1.165, 1.54) is 5.56 Å². The van der Waals surface area contributed by atoms with Crippen LogP contribution in [0.5, 0.6) is 5.75 Å². The summed E-state index contributed by atoms with van der Waals surface area (Å²) in [6.07, 6.45) is 0.808. The molecule has 1 saturated heterocycles. The summed E-state index contributed by atoms with van der Waals surface area (Å²) >= 11 is 3.44. The summed E-state index contributed by atoms with van der Waals surface area (Å²) in [6.45, 7) is 2.95. The minimum atomic E-state index is -0.00527. The van der Waals surface area contributed by atoms with E-state index in [0.29, 0.717) is 44.2 Å². The molecule has 5 heteroatoms. The van der Waals surface area contributed by atoms with Gasteiger partial charge >= 0.3 is 0 Å². The highest BCUT2D eigenvalue weighted by Gasteiger charge is 2.22. The fourth-order valence-electron chi connectivity index (χ4n) is 2.66. The second-order valence-corrected chi connectivity index (χ2v) is 6.54. The maximum Gasteiger partial charge on any atom is 0.257 e. The van der Waals surface area contributed by atoms with Crippen molar-refractivity contribution in [2.45, 2.75) is 6.42 Å². The van der Waals surface area contributed by atoms with E-state index in [0.717, 1.165) is 10.9 Å². The van der Waals surface area contributed by atoms with Gasteiger partial charge in [0, 0.05) is 24.0 Å². The minimum Gasteiger partial charge on any atom is -0.492 e. The Balaban J connectivity index is 1.69. The van der Waals surface area contributed by atoms with E-state index in [2.05, 4.69) is 28.1 Å². The maximum atomic E-state index is 12.8. The van der Waals surface area contributed by atoms with Gasteiger partial charge in [-0.1, -0.05) is 46.3 Å². The van der Waals surface area contributed by atoms with Crippen LogP contribution in [0.4, 0.5) is 0 Å². The third-order valence-electron chi connectivity index (χ3n) is 3.96. The number of morpholine rings is 1. The van der Waals surface area contributed by atoms with Gasteiger partial charge in [-0.05, 0) is 23.8 Å². The fraction of sp³-hybridized carbons (Fsp3) is 0.316. The molecule has 1 amide bonds. The molecule has 0 N–H and O–H groups in total. The van der Waals surface area contributed by atoms with Gasteiger partial charge < -0.3 is 14.4 Å². The number of nitrogens with zero attached hydrogens (tertiary/aromatic N) is 1. The lowest BCUT2D eigenvalue weighted by Crippen LogP contribution is -2.40. The number of hydrogen-bond donors (Lipinski definition) is 0. The highest BCUT2D eigenvalue weighted by Crippen LogP contribution is 2.25. The molecule has 2 aromatic carbocycles. The Hall–Kier alpha value is -1.85. The second-order valence-electron chi connectivity index (χ2n) is 5.63. The number of halogens is 1. The first kappa shape index (κ1) is 17.0. The average molecular weight is 390 g/mol. The smallest absolute Gasteiger partial charge is 0.257 e. The van der Waals surface area contributed by atoms with Crippen LogP contribution in [0, 0.1) is 0 Å². The monoisotopic (exact) mass is 389 g/mol.